The van der Waals surface area contributed by atoms with Gasteiger partial charge >= 0.3 is 5.97 Å². The highest BCUT2D eigenvalue weighted by Gasteiger charge is 2.18. The number of nitrogens with one attached hydrogen (secondary N) is 1. The summed E-state index contributed by atoms with van der Waals surface area (Å²) in [6, 6.07) is -0.635. The van der Waals surface area contributed by atoms with Gasteiger partial charge < -0.3 is 20.3 Å². The molecule has 426 valence electrons. The van der Waals surface area contributed by atoms with Crippen molar-refractivity contribution >= 4 is 11.9 Å². The van der Waals surface area contributed by atoms with Crippen LogP contribution in [0.25, 0.3) is 0 Å². The molecule has 0 saturated heterocycles. The minimum atomic E-state index is -0.851. The van der Waals surface area contributed by atoms with Gasteiger partial charge in [-0.15, -0.1) is 0 Å². The molecular weight excluding hydrogens is 887 g/mol. The maximum atomic E-state index is 12.5. The Labute approximate surface area is 450 Å². The maximum Gasteiger partial charge on any atom is 0.305 e. The minimum Gasteiger partial charge on any atom is -0.466 e. The van der Waals surface area contributed by atoms with Crippen molar-refractivity contribution in [1.29, 1.82) is 0 Å². The van der Waals surface area contributed by atoms with Crippen molar-refractivity contribution in [3.63, 3.8) is 0 Å². The van der Waals surface area contributed by atoms with Gasteiger partial charge in [0.1, 0.15) is 0 Å². The van der Waals surface area contributed by atoms with E-state index in [-0.39, 0.29) is 18.5 Å². The van der Waals surface area contributed by atoms with Gasteiger partial charge in [-0.05, 0) is 57.8 Å². The lowest BCUT2D eigenvalue weighted by Crippen LogP contribution is -2.45. The monoisotopic (exact) mass is 1010 g/mol. The second-order valence-corrected chi connectivity index (χ2v) is 22.5. The molecule has 0 aliphatic rings. The SMILES string of the molecule is CCCCCCCCCCCCCCCCCCCC/C=C/C(O)C(CO)NC(=O)CCCCCCCCC/C=C\CCCCCCCCCCOC(=O)CCCCCCCCCCCCCCCCCC. The fourth-order valence-electron chi connectivity index (χ4n) is 10.2. The van der Waals surface area contributed by atoms with Gasteiger partial charge in [0.05, 0.1) is 25.4 Å². The van der Waals surface area contributed by atoms with E-state index in [4.69, 9.17) is 4.74 Å². The van der Waals surface area contributed by atoms with Gasteiger partial charge in [0.2, 0.25) is 5.91 Å². The molecule has 0 radical (unpaired) electrons. The Hall–Kier alpha value is -1.66. The number of amides is 1. The number of aliphatic hydroxyl groups is 2. The van der Waals surface area contributed by atoms with Crippen LogP contribution in [0, 0.1) is 0 Å². The summed E-state index contributed by atoms with van der Waals surface area (Å²) in [6.07, 6.45) is 76.5. The fraction of sp³-hybridized carbons (Fsp3) is 0.909. The van der Waals surface area contributed by atoms with Crippen molar-refractivity contribution in [2.24, 2.45) is 0 Å². The summed E-state index contributed by atoms with van der Waals surface area (Å²) in [4.78, 5) is 24.6. The van der Waals surface area contributed by atoms with Crippen LogP contribution in [-0.2, 0) is 14.3 Å². The molecule has 1 amide bonds. The first-order chi connectivity index (χ1) is 35.5. The summed E-state index contributed by atoms with van der Waals surface area (Å²) in [5, 5.41) is 23.2. The number of aliphatic hydroxyl groups excluding tert-OH is 2. The number of esters is 1. The van der Waals surface area contributed by atoms with Crippen molar-refractivity contribution in [2.75, 3.05) is 13.2 Å². The van der Waals surface area contributed by atoms with E-state index in [0.29, 0.717) is 19.4 Å². The first kappa shape index (κ1) is 70.3. The molecule has 3 N–H and O–H groups in total. The molecule has 0 fully saturated rings. The van der Waals surface area contributed by atoms with Crippen LogP contribution in [0.2, 0.25) is 0 Å². The second-order valence-electron chi connectivity index (χ2n) is 22.5. The Kier molecular flexibility index (Phi) is 60.5. The Bertz CT molecular complexity index is 1120. The molecule has 0 aliphatic carbocycles. The van der Waals surface area contributed by atoms with E-state index < -0.39 is 12.1 Å². The van der Waals surface area contributed by atoms with Crippen LogP contribution in [0.5, 0.6) is 0 Å². The van der Waals surface area contributed by atoms with Crippen LogP contribution in [0.3, 0.4) is 0 Å². The molecule has 0 saturated carbocycles. The van der Waals surface area contributed by atoms with Crippen LogP contribution in [0.4, 0.5) is 0 Å². The minimum absolute atomic E-state index is 0.00729. The molecule has 0 spiro atoms. The third-order valence-electron chi connectivity index (χ3n) is 15.2. The van der Waals surface area contributed by atoms with Crippen molar-refractivity contribution < 1.29 is 24.5 Å². The standard InChI is InChI=1S/C66H127NO5/c1-3-5-7-9-11-13-15-17-19-21-22-24-27-30-34-38-42-46-50-54-58-64(69)63(62-68)67-65(70)59-55-51-47-43-39-35-31-28-25-23-26-29-33-37-41-45-49-53-57-61-72-66(71)60-56-52-48-44-40-36-32-20-18-16-14-12-10-8-6-4-2/h23,25,54,58,63-64,68-69H,3-22,24,26-53,55-57,59-62H2,1-2H3,(H,67,70)/b25-23-,58-54+. The molecule has 0 aromatic heterocycles. The lowest BCUT2D eigenvalue weighted by Gasteiger charge is -2.20. The van der Waals surface area contributed by atoms with Gasteiger partial charge in [0.15, 0.2) is 0 Å². The topological polar surface area (TPSA) is 95.9 Å². The molecule has 0 aliphatic heterocycles. The number of hydrogen-bond donors (Lipinski definition) is 3. The van der Waals surface area contributed by atoms with Crippen molar-refractivity contribution in [3.8, 4) is 0 Å². The van der Waals surface area contributed by atoms with E-state index in [1.807, 2.05) is 6.08 Å². The van der Waals surface area contributed by atoms with E-state index in [2.05, 4.69) is 31.3 Å². The molecule has 0 heterocycles. The Morgan fingerprint density at radius 1 is 0.375 bits per heavy atom. The Balaban J connectivity index is 3.45. The van der Waals surface area contributed by atoms with E-state index >= 15 is 0 Å². The first-order valence-corrected chi connectivity index (χ1v) is 32.6. The van der Waals surface area contributed by atoms with Crippen LogP contribution in [-0.4, -0.2) is 47.4 Å². The van der Waals surface area contributed by atoms with Gasteiger partial charge in [-0.25, -0.2) is 0 Å². The van der Waals surface area contributed by atoms with Crippen molar-refractivity contribution in [2.45, 2.75) is 373 Å². The van der Waals surface area contributed by atoms with E-state index in [0.717, 1.165) is 44.9 Å². The highest BCUT2D eigenvalue weighted by Crippen LogP contribution is 2.18. The van der Waals surface area contributed by atoms with Crippen LogP contribution in [0.1, 0.15) is 361 Å². The number of allylic oxidation sites excluding steroid dienone is 3. The summed E-state index contributed by atoms with van der Waals surface area (Å²) in [5.74, 6) is -0.0670. The molecule has 0 bridgehead atoms. The summed E-state index contributed by atoms with van der Waals surface area (Å²) in [5.41, 5.74) is 0. The van der Waals surface area contributed by atoms with Crippen molar-refractivity contribution in [1.82, 2.24) is 5.32 Å². The van der Waals surface area contributed by atoms with Gasteiger partial charge in [-0.2, -0.15) is 0 Å². The van der Waals surface area contributed by atoms with Crippen molar-refractivity contribution in [3.05, 3.63) is 24.3 Å². The van der Waals surface area contributed by atoms with Gasteiger partial charge in [-0.3, -0.25) is 9.59 Å². The summed E-state index contributed by atoms with van der Waals surface area (Å²) in [7, 11) is 0. The predicted octanol–water partition coefficient (Wildman–Crippen LogP) is 20.6. The van der Waals surface area contributed by atoms with E-state index in [1.165, 1.54) is 289 Å². The summed E-state index contributed by atoms with van der Waals surface area (Å²) < 4.78 is 5.49. The predicted molar refractivity (Wildman–Crippen MR) is 315 cm³/mol. The molecule has 2 unspecified atom stereocenters. The third kappa shape index (κ3) is 57.6. The molecule has 0 rings (SSSR count). The summed E-state index contributed by atoms with van der Waals surface area (Å²) >= 11 is 0. The fourth-order valence-corrected chi connectivity index (χ4v) is 10.2. The molecule has 6 heteroatoms. The number of carbonyl (C=O) groups excluding carboxylic acids is 2. The average molecular weight is 1010 g/mol. The van der Waals surface area contributed by atoms with Gasteiger partial charge in [-0.1, -0.05) is 314 Å². The first-order valence-electron chi connectivity index (χ1n) is 32.6. The van der Waals surface area contributed by atoms with Crippen LogP contribution >= 0.6 is 0 Å². The second kappa shape index (κ2) is 61.9. The smallest absolute Gasteiger partial charge is 0.305 e. The summed E-state index contributed by atoms with van der Waals surface area (Å²) in [6.45, 7) is 4.92. The Morgan fingerprint density at radius 2 is 0.653 bits per heavy atom. The number of hydrogen-bond acceptors (Lipinski definition) is 5. The molecule has 0 aromatic rings. The van der Waals surface area contributed by atoms with Crippen LogP contribution < -0.4 is 5.32 Å². The number of ether oxygens (including phenoxy) is 1. The number of carbonyl (C=O) groups is 2. The quantitative estimate of drug-likeness (QED) is 0.0320. The van der Waals surface area contributed by atoms with Gasteiger partial charge in [0, 0.05) is 12.8 Å². The highest BCUT2D eigenvalue weighted by atomic mass is 16.5. The zero-order valence-electron chi connectivity index (χ0n) is 48.7. The maximum absolute atomic E-state index is 12.5. The zero-order valence-corrected chi connectivity index (χ0v) is 48.7. The zero-order chi connectivity index (χ0) is 52.2. The molecule has 6 nitrogen and oxygen atoms in total. The molecular formula is C66H127NO5. The highest BCUT2D eigenvalue weighted by molar-refractivity contribution is 5.76. The third-order valence-corrected chi connectivity index (χ3v) is 15.2. The van der Waals surface area contributed by atoms with Crippen LogP contribution in [0.15, 0.2) is 24.3 Å². The number of rotatable bonds is 61. The van der Waals surface area contributed by atoms with Gasteiger partial charge in [0.25, 0.3) is 0 Å². The van der Waals surface area contributed by atoms with E-state index in [1.54, 1.807) is 6.08 Å². The van der Waals surface area contributed by atoms with E-state index in [9.17, 15) is 19.8 Å². The average Bonchev–Trinajstić information content (AvgIpc) is 3.38. The number of unbranched alkanes of at least 4 members (excludes halogenated alkanes) is 48. The lowest BCUT2D eigenvalue weighted by atomic mass is 10.0. The lowest BCUT2D eigenvalue weighted by molar-refractivity contribution is -0.143. The Morgan fingerprint density at radius 3 is 0.986 bits per heavy atom. The molecule has 0 aromatic carbocycles. The molecule has 2 atom stereocenters. The molecule has 72 heavy (non-hydrogen) atoms. The normalized spacial score (nSPS) is 12.7. The largest absolute Gasteiger partial charge is 0.466 e.